The summed E-state index contributed by atoms with van der Waals surface area (Å²) < 4.78 is 6.62. The number of nitrogens with zero attached hydrogens (tertiary/aromatic N) is 2. The van der Waals surface area contributed by atoms with Gasteiger partial charge in [0.15, 0.2) is 11.6 Å². The molecule has 9 heteroatoms. The summed E-state index contributed by atoms with van der Waals surface area (Å²) in [5.41, 5.74) is 1.50. The van der Waals surface area contributed by atoms with E-state index in [4.69, 9.17) is 27.9 Å². The Morgan fingerprint density at radius 1 is 1.23 bits per heavy atom. The molecule has 2 aromatic carbocycles. The zero-order valence-corrected chi connectivity index (χ0v) is 18.6. The van der Waals surface area contributed by atoms with Crippen LogP contribution < -0.4 is 15.0 Å². The minimum atomic E-state index is -0.395. The van der Waals surface area contributed by atoms with Gasteiger partial charge in [0.1, 0.15) is 6.61 Å². The van der Waals surface area contributed by atoms with Crippen LogP contribution in [0.5, 0.6) is 5.75 Å². The Labute approximate surface area is 191 Å². The van der Waals surface area contributed by atoms with Crippen molar-refractivity contribution in [1.82, 2.24) is 4.98 Å². The predicted molar refractivity (Wildman–Crippen MR) is 121 cm³/mol. The number of hydrogen-bond donors (Lipinski definition) is 2. The molecule has 1 aromatic heterocycles. The molecule has 0 fully saturated rings. The predicted octanol–water partition coefficient (Wildman–Crippen LogP) is 5.29. The normalized spacial score (nSPS) is 15.3. The molecule has 2 N–H and O–H groups in total. The van der Waals surface area contributed by atoms with Crippen LogP contribution in [0.1, 0.15) is 10.4 Å². The van der Waals surface area contributed by atoms with E-state index >= 15 is 0 Å². The molecule has 6 nitrogen and oxygen atoms in total. The third kappa shape index (κ3) is 3.98. The summed E-state index contributed by atoms with van der Waals surface area (Å²) in [4.78, 5) is 19.2. The van der Waals surface area contributed by atoms with E-state index in [1.807, 2.05) is 0 Å². The second-order valence-electron chi connectivity index (χ2n) is 6.56. The van der Waals surface area contributed by atoms with E-state index in [9.17, 15) is 9.90 Å². The topological polar surface area (TPSA) is 74.7 Å². The number of pyridine rings is 1. The number of hydrogen-bond acceptors (Lipinski definition) is 5. The van der Waals surface area contributed by atoms with E-state index < -0.39 is 6.04 Å². The van der Waals surface area contributed by atoms with Crippen molar-refractivity contribution >= 4 is 62.2 Å². The summed E-state index contributed by atoms with van der Waals surface area (Å²) >= 11 is 15.8. The number of ether oxygens (including phenoxy) is 1. The van der Waals surface area contributed by atoms with Crippen molar-refractivity contribution in [2.24, 2.45) is 0 Å². The van der Waals surface area contributed by atoms with Crippen LogP contribution in [0.3, 0.4) is 0 Å². The highest BCUT2D eigenvalue weighted by atomic mass is 79.9. The fraction of sp³-hybridized carbons (Fsp3) is 0.143. The Bertz CT molecular complexity index is 1110. The summed E-state index contributed by atoms with van der Waals surface area (Å²) in [5, 5.41) is 13.6. The van der Waals surface area contributed by atoms with Crippen LogP contribution in [0.2, 0.25) is 10.0 Å². The van der Waals surface area contributed by atoms with E-state index in [1.54, 1.807) is 59.6 Å². The molecule has 0 saturated carbocycles. The number of carbonyl (C=O) groups excluding carboxylic acids is 1. The minimum Gasteiger partial charge on any atom is -0.488 e. The van der Waals surface area contributed by atoms with Crippen LogP contribution in [0.15, 0.2) is 59.2 Å². The molecule has 0 saturated heterocycles. The van der Waals surface area contributed by atoms with Gasteiger partial charge in [-0.05, 0) is 58.4 Å². The molecule has 1 aliphatic heterocycles. The molecule has 0 spiro atoms. The number of aliphatic hydroxyl groups is 1. The van der Waals surface area contributed by atoms with Crippen LogP contribution in [0, 0.1) is 0 Å². The number of fused-ring (bicyclic) bond motifs is 1. The molecule has 1 atom stereocenters. The van der Waals surface area contributed by atoms with Gasteiger partial charge in [-0.1, -0.05) is 29.3 Å². The summed E-state index contributed by atoms with van der Waals surface area (Å²) in [5.74, 6) is 0.532. The molecule has 2 heterocycles. The van der Waals surface area contributed by atoms with Gasteiger partial charge >= 0.3 is 0 Å². The molecular formula is C21H16BrCl2N3O3. The van der Waals surface area contributed by atoms with Gasteiger partial charge in [0.05, 0.1) is 33.9 Å². The molecule has 4 rings (SSSR count). The van der Waals surface area contributed by atoms with Crippen molar-refractivity contribution in [2.75, 3.05) is 23.4 Å². The average Bonchev–Trinajstić information content (AvgIpc) is 2.75. The average molecular weight is 509 g/mol. The first-order chi connectivity index (χ1) is 14.5. The van der Waals surface area contributed by atoms with E-state index in [0.717, 1.165) is 4.47 Å². The van der Waals surface area contributed by atoms with Crippen molar-refractivity contribution in [1.29, 1.82) is 0 Å². The van der Waals surface area contributed by atoms with Crippen LogP contribution >= 0.6 is 39.1 Å². The molecule has 30 heavy (non-hydrogen) atoms. The second kappa shape index (κ2) is 8.81. The molecule has 0 bridgehead atoms. The first kappa shape index (κ1) is 20.9. The quantitative estimate of drug-likeness (QED) is 0.500. The van der Waals surface area contributed by atoms with Gasteiger partial charge in [-0.25, -0.2) is 4.98 Å². The lowest BCUT2D eigenvalue weighted by Gasteiger charge is -2.37. The second-order valence-corrected chi connectivity index (χ2v) is 8.23. The first-order valence-electron chi connectivity index (χ1n) is 9.02. The van der Waals surface area contributed by atoms with Crippen LogP contribution in [-0.4, -0.2) is 35.3 Å². The number of halogens is 3. The summed E-state index contributed by atoms with van der Waals surface area (Å²) in [6.07, 6.45) is 1.62. The highest BCUT2D eigenvalue weighted by molar-refractivity contribution is 9.10. The van der Waals surface area contributed by atoms with Crippen LogP contribution in [-0.2, 0) is 0 Å². The molecular weight excluding hydrogens is 493 g/mol. The van der Waals surface area contributed by atoms with Crippen molar-refractivity contribution in [3.8, 4) is 5.75 Å². The van der Waals surface area contributed by atoms with Crippen molar-refractivity contribution < 1.29 is 14.6 Å². The van der Waals surface area contributed by atoms with Gasteiger partial charge in [0.25, 0.3) is 5.91 Å². The minimum absolute atomic E-state index is 0.167. The number of nitrogens with one attached hydrogen (secondary N) is 1. The number of rotatable bonds is 4. The molecule has 3 aromatic rings. The van der Waals surface area contributed by atoms with Crippen molar-refractivity contribution in [3.05, 3.63) is 74.8 Å². The number of aromatic nitrogens is 1. The molecule has 1 aliphatic rings. The first-order valence-corrected chi connectivity index (χ1v) is 10.6. The fourth-order valence-corrected chi connectivity index (χ4v) is 3.88. The van der Waals surface area contributed by atoms with Gasteiger partial charge in [0.2, 0.25) is 0 Å². The van der Waals surface area contributed by atoms with Gasteiger partial charge in [-0.3, -0.25) is 4.79 Å². The summed E-state index contributed by atoms with van der Waals surface area (Å²) in [7, 11) is 0. The maximum atomic E-state index is 13.0. The lowest BCUT2D eigenvalue weighted by Crippen LogP contribution is -2.43. The van der Waals surface area contributed by atoms with Gasteiger partial charge in [-0.2, -0.15) is 0 Å². The summed E-state index contributed by atoms with van der Waals surface area (Å²) in [6, 6.07) is 13.4. The molecule has 0 radical (unpaired) electrons. The summed E-state index contributed by atoms with van der Waals surface area (Å²) in [6.45, 7) is 0.00493. The Morgan fingerprint density at radius 3 is 2.80 bits per heavy atom. The zero-order valence-electron chi connectivity index (χ0n) is 15.5. The van der Waals surface area contributed by atoms with Crippen molar-refractivity contribution in [2.45, 2.75) is 6.04 Å². The van der Waals surface area contributed by atoms with Gasteiger partial charge < -0.3 is 20.1 Å². The van der Waals surface area contributed by atoms with E-state index in [2.05, 4.69) is 26.2 Å². The number of aliphatic hydroxyl groups excluding tert-OH is 1. The highest BCUT2D eigenvalue weighted by Gasteiger charge is 2.33. The van der Waals surface area contributed by atoms with Gasteiger partial charge in [-0.15, -0.1) is 0 Å². The molecule has 1 unspecified atom stereocenters. The van der Waals surface area contributed by atoms with Crippen molar-refractivity contribution in [3.63, 3.8) is 0 Å². The van der Waals surface area contributed by atoms with E-state index in [-0.39, 0.29) is 19.1 Å². The Kier molecular flexibility index (Phi) is 6.15. The standard InChI is InChI=1S/C21H16BrCl2N3O3/c22-15-7-6-12(9-17(15)24)26-21(29)14-3-1-5-18-19(14)30-11-13(10-28)27(18)20-16(23)4-2-8-25-20/h1-9,13,28H,10-11H2,(H,26,29). The van der Waals surface area contributed by atoms with E-state index in [1.165, 1.54) is 0 Å². The van der Waals surface area contributed by atoms with Crippen LogP contribution in [0.4, 0.5) is 17.2 Å². The number of carbonyl (C=O) groups is 1. The van der Waals surface area contributed by atoms with Crippen LogP contribution in [0.25, 0.3) is 0 Å². The highest BCUT2D eigenvalue weighted by Crippen LogP contribution is 2.42. The Morgan fingerprint density at radius 2 is 2.07 bits per heavy atom. The van der Waals surface area contributed by atoms with Gasteiger partial charge in [0, 0.05) is 16.4 Å². The number of benzene rings is 2. The Balaban J connectivity index is 1.73. The maximum absolute atomic E-state index is 13.0. The van der Waals surface area contributed by atoms with E-state index in [0.29, 0.717) is 38.6 Å². The third-order valence-corrected chi connectivity index (χ3v) is 6.17. The molecule has 154 valence electrons. The lowest BCUT2D eigenvalue weighted by atomic mass is 10.1. The number of amides is 1. The lowest BCUT2D eigenvalue weighted by molar-refractivity contribution is 0.102. The largest absolute Gasteiger partial charge is 0.488 e. The molecule has 1 amide bonds. The Hall–Kier alpha value is -2.32. The fourth-order valence-electron chi connectivity index (χ4n) is 3.24. The number of para-hydroxylation sites is 1. The third-order valence-electron chi connectivity index (χ3n) is 4.64. The number of anilines is 3. The SMILES string of the molecule is O=C(Nc1ccc(Br)c(Cl)c1)c1cccc2c1OCC(CO)N2c1ncccc1Cl. The smallest absolute Gasteiger partial charge is 0.259 e. The monoisotopic (exact) mass is 507 g/mol. The molecule has 0 aliphatic carbocycles. The maximum Gasteiger partial charge on any atom is 0.259 e. The zero-order chi connectivity index (χ0) is 21.3.